The molecule has 0 saturated carbocycles. The Labute approximate surface area is 126 Å². The van der Waals surface area contributed by atoms with Crippen molar-refractivity contribution in [1.82, 2.24) is 10.3 Å². The standard InChI is InChI=1S/C16H25N3O2/c1-11-7-13(10-17-8-11)19-15(20)18-9-12-5-6-21-14(12)16(2,3)4/h7-8,10,12,14H,5-6,9H2,1-4H3,(H2,18,19,20)/t12-,14+/m1/s1. The Balaban J connectivity index is 1.84. The molecular formula is C16H25N3O2. The molecule has 21 heavy (non-hydrogen) atoms. The van der Waals surface area contributed by atoms with Crippen LogP contribution in [0.15, 0.2) is 18.5 Å². The molecule has 0 radical (unpaired) electrons. The summed E-state index contributed by atoms with van der Waals surface area (Å²) in [7, 11) is 0. The van der Waals surface area contributed by atoms with E-state index in [1.165, 1.54) is 0 Å². The molecule has 0 unspecified atom stereocenters. The number of hydrogen-bond acceptors (Lipinski definition) is 3. The Kier molecular flexibility index (Phi) is 4.83. The van der Waals surface area contributed by atoms with Gasteiger partial charge < -0.3 is 15.4 Å². The number of nitrogens with zero attached hydrogens (tertiary/aromatic N) is 1. The average molecular weight is 291 g/mol. The first-order valence-corrected chi connectivity index (χ1v) is 7.44. The number of aryl methyl sites for hydroxylation is 1. The molecule has 2 amide bonds. The maximum Gasteiger partial charge on any atom is 0.319 e. The van der Waals surface area contributed by atoms with E-state index in [-0.39, 0.29) is 17.6 Å². The first kappa shape index (κ1) is 15.8. The quantitative estimate of drug-likeness (QED) is 0.900. The molecule has 0 aliphatic carbocycles. The lowest BCUT2D eigenvalue weighted by Gasteiger charge is -2.31. The van der Waals surface area contributed by atoms with E-state index in [1.54, 1.807) is 12.4 Å². The molecule has 2 heterocycles. The molecule has 1 aliphatic rings. The van der Waals surface area contributed by atoms with Crippen molar-refractivity contribution >= 4 is 11.7 Å². The Morgan fingerprint density at radius 2 is 2.19 bits per heavy atom. The zero-order chi connectivity index (χ0) is 15.5. The molecule has 0 bridgehead atoms. The van der Waals surface area contributed by atoms with Gasteiger partial charge >= 0.3 is 6.03 Å². The van der Waals surface area contributed by atoms with Crippen molar-refractivity contribution in [2.24, 2.45) is 11.3 Å². The molecule has 1 aromatic heterocycles. The van der Waals surface area contributed by atoms with Gasteiger partial charge in [0.15, 0.2) is 0 Å². The second-order valence-corrected chi connectivity index (χ2v) is 6.79. The topological polar surface area (TPSA) is 63.2 Å². The van der Waals surface area contributed by atoms with E-state index in [2.05, 4.69) is 36.4 Å². The summed E-state index contributed by atoms with van der Waals surface area (Å²) >= 11 is 0. The van der Waals surface area contributed by atoms with Crippen molar-refractivity contribution in [2.45, 2.75) is 40.2 Å². The third-order valence-electron chi connectivity index (χ3n) is 3.73. The number of anilines is 1. The number of carbonyl (C=O) groups is 1. The molecule has 0 spiro atoms. The van der Waals surface area contributed by atoms with Gasteiger partial charge in [0.05, 0.1) is 18.0 Å². The molecular weight excluding hydrogens is 266 g/mol. The highest BCUT2D eigenvalue weighted by molar-refractivity contribution is 5.89. The summed E-state index contributed by atoms with van der Waals surface area (Å²) in [5.41, 5.74) is 1.83. The fourth-order valence-corrected chi connectivity index (χ4v) is 2.82. The predicted molar refractivity (Wildman–Crippen MR) is 83.3 cm³/mol. The van der Waals surface area contributed by atoms with E-state index in [9.17, 15) is 4.79 Å². The maximum atomic E-state index is 11.9. The average Bonchev–Trinajstić information content (AvgIpc) is 2.84. The lowest BCUT2D eigenvalue weighted by Crippen LogP contribution is -2.40. The third kappa shape index (κ3) is 4.43. The molecule has 5 nitrogen and oxygen atoms in total. The first-order chi connectivity index (χ1) is 9.86. The SMILES string of the molecule is Cc1cncc(NC(=O)NC[C@H]2CCO[C@@H]2C(C)(C)C)c1. The molecule has 0 aromatic carbocycles. The van der Waals surface area contributed by atoms with Gasteiger partial charge in [0, 0.05) is 25.3 Å². The van der Waals surface area contributed by atoms with Crippen LogP contribution in [-0.4, -0.2) is 30.3 Å². The lowest BCUT2D eigenvalue weighted by molar-refractivity contribution is 0.00782. The van der Waals surface area contributed by atoms with Gasteiger partial charge in [-0.25, -0.2) is 4.79 Å². The van der Waals surface area contributed by atoms with Crippen molar-refractivity contribution < 1.29 is 9.53 Å². The normalized spacial score (nSPS) is 22.1. The van der Waals surface area contributed by atoms with Crippen LogP contribution in [0.2, 0.25) is 0 Å². The van der Waals surface area contributed by atoms with Crippen LogP contribution in [0, 0.1) is 18.3 Å². The summed E-state index contributed by atoms with van der Waals surface area (Å²) in [6.45, 7) is 9.88. The number of pyridine rings is 1. The highest BCUT2D eigenvalue weighted by atomic mass is 16.5. The van der Waals surface area contributed by atoms with E-state index in [0.717, 1.165) is 18.6 Å². The summed E-state index contributed by atoms with van der Waals surface area (Å²) in [5.74, 6) is 0.367. The highest BCUT2D eigenvalue weighted by Gasteiger charge is 2.37. The molecule has 2 atom stereocenters. The fourth-order valence-electron chi connectivity index (χ4n) is 2.82. The van der Waals surface area contributed by atoms with Crippen LogP contribution in [-0.2, 0) is 4.74 Å². The van der Waals surface area contributed by atoms with Gasteiger partial charge in [-0.3, -0.25) is 4.98 Å². The van der Waals surface area contributed by atoms with E-state index < -0.39 is 0 Å². The molecule has 2 N–H and O–H groups in total. The van der Waals surface area contributed by atoms with Crippen LogP contribution >= 0.6 is 0 Å². The Bertz CT molecular complexity index is 497. The number of hydrogen-bond donors (Lipinski definition) is 2. The van der Waals surface area contributed by atoms with E-state index in [4.69, 9.17) is 4.74 Å². The third-order valence-corrected chi connectivity index (χ3v) is 3.73. The molecule has 1 aliphatic heterocycles. The number of nitrogens with one attached hydrogen (secondary N) is 2. The summed E-state index contributed by atoms with van der Waals surface area (Å²) in [6.07, 6.45) is 4.59. The van der Waals surface area contributed by atoms with Gasteiger partial charge in [0.2, 0.25) is 0 Å². The first-order valence-electron chi connectivity index (χ1n) is 7.44. The smallest absolute Gasteiger partial charge is 0.319 e. The Hall–Kier alpha value is -1.62. The number of ether oxygens (including phenoxy) is 1. The van der Waals surface area contributed by atoms with Crippen LogP contribution in [0.3, 0.4) is 0 Å². The summed E-state index contributed by atoms with van der Waals surface area (Å²) in [5, 5.41) is 5.74. The molecule has 1 aromatic rings. The predicted octanol–water partition coefficient (Wildman–Crippen LogP) is 2.96. The van der Waals surface area contributed by atoms with Gasteiger partial charge in [-0.2, -0.15) is 0 Å². The number of rotatable bonds is 3. The van der Waals surface area contributed by atoms with Crippen molar-refractivity contribution in [3.05, 3.63) is 24.0 Å². The van der Waals surface area contributed by atoms with Gasteiger partial charge in [-0.1, -0.05) is 20.8 Å². The molecule has 1 saturated heterocycles. The van der Waals surface area contributed by atoms with Crippen LogP contribution in [0.25, 0.3) is 0 Å². The van der Waals surface area contributed by atoms with Crippen molar-refractivity contribution in [3.63, 3.8) is 0 Å². The highest BCUT2D eigenvalue weighted by Crippen LogP contribution is 2.34. The van der Waals surface area contributed by atoms with Crippen LogP contribution in [0.1, 0.15) is 32.8 Å². The lowest BCUT2D eigenvalue weighted by atomic mass is 9.81. The summed E-state index contributed by atoms with van der Waals surface area (Å²) < 4.78 is 5.81. The van der Waals surface area contributed by atoms with Gasteiger partial charge in [0.25, 0.3) is 0 Å². The molecule has 1 fully saturated rings. The van der Waals surface area contributed by atoms with Crippen LogP contribution in [0.4, 0.5) is 10.5 Å². The largest absolute Gasteiger partial charge is 0.377 e. The van der Waals surface area contributed by atoms with E-state index in [0.29, 0.717) is 18.2 Å². The van der Waals surface area contributed by atoms with Crippen molar-refractivity contribution in [2.75, 3.05) is 18.5 Å². The number of amides is 2. The van der Waals surface area contributed by atoms with Gasteiger partial charge in [-0.05, 0) is 30.4 Å². The van der Waals surface area contributed by atoms with Crippen molar-refractivity contribution in [1.29, 1.82) is 0 Å². The monoisotopic (exact) mass is 291 g/mol. The molecule has 116 valence electrons. The zero-order valence-electron chi connectivity index (χ0n) is 13.3. The van der Waals surface area contributed by atoms with E-state index in [1.807, 2.05) is 13.0 Å². The van der Waals surface area contributed by atoms with Crippen LogP contribution < -0.4 is 10.6 Å². The van der Waals surface area contributed by atoms with Crippen molar-refractivity contribution in [3.8, 4) is 0 Å². The zero-order valence-corrected chi connectivity index (χ0v) is 13.3. The molecule has 5 heteroatoms. The molecule has 2 rings (SSSR count). The minimum Gasteiger partial charge on any atom is -0.377 e. The number of aromatic nitrogens is 1. The fraction of sp³-hybridized carbons (Fsp3) is 0.625. The summed E-state index contributed by atoms with van der Waals surface area (Å²) in [6, 6.07) is 1.70. The van der Waals surface area contributed by atoms with Crippen LogP contribution in [0.5, 0.6) is 0 Å². The second-order valence-electron chi connectivity index (χ2n) is 6.79. The number of urea groups is 1. The van der Waals surface area contributed by atoms with Gasteiger partial charge in [-0.15, -0.1) is 0 Å². The maximum absolute atomic E-state index is 11.9. The second kappa shape index (κ2) is 6.43. The minimum absolute atomic E-state index is 0.0970. The number of carbonyl (C=O) groups excluding carboxylic acids is 1. The summed E-state index contributed by atoms with van der Waals surface area (Å²) in [4.78, 5) is 16.0. The van der Waals surface area contributed by atoms with E-state index >= 15 is 0 Å². The Morgan fingerprint density at radius 3 is 2.86 bits per heavy atom. The Morgan fingerprint density at radius 1 is 1.43 bits per heavy atom. The minimum atomic E-state index is -0.193. The van der Waals surface area contributed by atoms with Gasteiger partial charge in [0.1, 0.15) is 0 Å².